The van der Waals surface area contributed by atoms with Crippen molar-refractivity contribution in [1.82, 2.24) is 20.1 Å². The Labute approximate surface area is 116 Å². The fourth-order valence-corrected chi connectivity index (χ4v) is 2.53. The first-order valence-electron chi connectivity index (χ1n) is 7.27. The molecule has 0 aliphatic carbocycles. The molecule has 4 heteroatoms. The second-order valence-corrected chi connectivity index (χ2v) is 5.47. The minimum absolute atomic E-state index is 0.887. The van der Waals surface area contributed by atoms with Crippen LogP contribution in [0.15, 0.2) is 18.3 Å². The van der Waals surface area contributed by atoms with Gasteiger partial charge in [-0.15, -0.1) is 0 Å². The average molecular weight is 262 g/mol. The van der Waals surface area contributed by atoms with Crippen molar-refractivity contribution in [2.24, 2.45) is 0 Å². The number of nitrogens with one attached hydrogen (secondary N) is 1. The molecule has 1 fully saturated rings. The Bertz CT molecular complexity index is 357. The molecule has 0 radical (unpaired) electrons. The van der Waals surface area contributed by atoms with Crippen LogP contribution in [-0.4, -0.2) is 55.1 Å². The predicted molar refractivity (Wildman–Crippen MR) is 79.0 cm³/mol. The fraction of sp³-hybridized carbons (Fsp3) is 0.667. The maximum absolute atomic E-state index is 4.52. The van der Waals surface area contributed by atoms with Gasteiger partial charge in [0, 0.05) is 32.4 Å². The summed E-state index contributed by atoms with van der Waals surface area (Å²) in [6, 6.07) is 4.30. The van der Waals surface area contributed by atoms with Crippen molar-refractivity contribution in [2.45, 2.75) is 25.9 Å². The molecule has 1 aliphatic heterocycles. The summed E-state index contributed by atoms with van der Waals surface area (Å²) >= 11 is 0. The van der Waals surface area contributed by atoms with Crippen molar-refractivity contribution in [3.05, 3.63) is 29.6 Å². The molecule has 0 bridgehead atoms. The number of aromatic nitrogens is 1. The van der Waals surface area contributed by atoms with Crippen molar-refractivity contribution in [1.29, 1.82) is 0 Å². The number of rotatable bonds is 7. The Balaban J connectivity index is 1.72. The molecule has 0 atom stereocenters. The number of hydrogen-bond acceptors (Lipinski definition) is 4. The molecular formula is C15H26N4. The first-order chi connectivity index (χ1) is 9.28. The summed E-state index contributed by atoms with van der Waals surface area (Å²) in [4.78, 5) is 9.44. The van der Waals surface area contributed by atoms with Crippen LogP contribution < -0.4 is 5.32 Å². The van der Waals surface area contributed by atoms with Gasteiger partial charge in [0.1, 0.15) is 0 Å². The van der Waals surface area contributed by atoms with Crippen LogP contribution in [0.3, 0.4) is 0 Å². The lowest BCUT2D eigenvalue weighted by Crippen LogP contribution is -2.31. The molecule has 1 aliphatic rings. The SMILES string of the molecule is CNCc1ccc(CN(C)CCN2CCCC2)nc1. The number of hydrogen-bond donors (Lipinski definition) is 1. The van der Waals surface area contributed by atoms with Crippen LogP contribution >= 0.6 is 0 Å². The summed E-state index contributed by atoms with van der Waals surface area (Å²) in [6.45, 7) is 6.70. The molecule has 2 heterocycles. The summed E-state index contributed by atoms with van der Waals surface area (Å²) in [5.41, 5.74) is 2.40. The van der Waals surface area contributed by atoms with Crippen molar-refractivity contribution < 1.29 is 0 Å². The number of pyridine rings is 1. The molecule has 1 saturated heterocycles. The van der Waals surface area contributed by atoms with E-state index in [1.54, 1.807) is 0 Å². The van der Waals surface area contributed by atoms with Crippen LogP contribution in [0.5, 0.6) is 0 Å². The number of likely N-dealkylation sites (N-methyl/N-ethyl adjacent to an activating group) is 1. The number of nitrogens with zero attached hydrogens (tertiary/aromatic N) is 3. The zero-order valence-corrected chi connectivity index (χ0v) is 12.2. The summed E-state index contributed by atoms with van der Waals surface area (Å²) < 4.78 is 0. The third kappa shape index (κ3) is 4.90. The van der Waals surface area contributed by atoms with Gasteiger partial charge >= 0.3 is 0 Å². The van der Waals surface area contributed by atoms with Gasteiger partial charge in [-0.05, 0) is 51.7 Å². The topological polar surface area (TPSA) is 31.4 Å². The van der Waals surface area contributed by atoms with Crippen molar-refractivity contribution in [3.8, 4) is 0 Å². The zero-order chi connectivity index (χ0) is 13.5. The van der Waals surface area contributed by atoms with Crippen LogP contribution in [0.2, 0.25) is 0 Å². The van der Waals surface area contributed by atoms with Crippen molar-refractivity contribution in [2.75, 3.05) is 40.3 Å². The van der Waals surface area contributed by atoms with E-state index >= 15 is 0 Å². The maximum Gasteiger partial charge on any atom is 0.0544 e. The molecule has 2 rings (SSSR count). The van der Waals surface area contributed by atoms with Crippen LogP contribution in [0.4, 0.5) is 0 Å². The summed E-state index contributed by atoms with van der Waals surface area (Å²) in [5, 5.41) is 3.14. The van der Waals surface area contributed by atoms with Gasteiger partial charge in [0.05, 0.1) is 5.69 Å². The van der Waals surface area contributed by atoms with Gasteiger partial charge in [-0.3, -0.25) is 9.88 Å². The third-order valence-electron chi connectivity index (χ3n) is 3.70. The molecule has 0 spiro atoms. The summed E-state index contributed by atoms with van der Waals surface area (Å²) in [7, 11) is 4.14. The van der Waals surface area contributed by atoms with E-state index in [2.05, 4.69) is 39.3 Å². The number of likely N-dealkylation sites (tertiary alicyclic amines) is 1. The molecule has 0 amide bonds. The second-order valence-electron chi connectivity index (χ2n) is 5.47. The molecule has 0 unspecified atom stereocenters. The molecule has 0 saturated carbocycles. The van der Waals surface area contributed by atoms with Crippen LogP contribution in [0.1, 0.15) is 24.1 Å². The van der Waals surface area contributed by atoms with E-state index in [-0.39, 0.29) is 0 Å². The Hall–Kier alpha value is -0.970. The Morgan fingerprint density at radius 1 is 1.32 bits per heavy atom. The lowest BCUT2D eigenvalue weighted by Gasteiger charge is -2.21. The zero-order valence-electron chi connectivity index (χ0n) is 12.2. The van der Waals surface area contributed by atoms with Crippen LogP contribution in [-0.2, 0) is 13.1 Å². The lowest BCUT2D eigenvalue weighted by atomic mass is 10.2. The van der Waals surface area contributed by atoms with E-state index in [9.17, 15) is 0 Å². The smallest absolute Gasteiger partial charge is 0.0544 e. The van der Waals surface area contributed by atoms with Gasteiger partial charge in [-0.25, -0.2) is 0 Å². The quantitative estimate of drug-likeness (QED) is 0.803. The lowest BCUT2D eigenvalue weighted by molar-refractivity contribution is 0.250. The predicted octanol–water partition coefficient (Wildman–Crippen LogP) is 1.33. The normalized spacial score (nSPS) is 16.4. The average Bonchev–Trinajstić information content (AvgIpc) is 2.92. The monoisotopic (exact) mass is 262 g/mol. The minimum Gasteiger partial charge on any atom is -0.316 e. The maximum atomic E-state index is 4.52. The first kappa shape index (κ1) is 14.4. The molecule has 1 N–H and O–H groups in total. The van der Waals surface area contributed by atoms with E-state index in [1.165, 1.54) is 38.0 Å². The standard InChI is InChI=1S/C15H26N4/c1-16-11-14-5-6-15(17-12-14)13-18(2)9-10-19-7-3-4-8-19/h5-6,12,16H,3-4,7-11,13H2,1-2H3. The first-order valence-corrected chi connectivity index (χ1v) is 7.27. The molecule has 4 nitrogen and oxygen atoms in total. The Morgan fingerprint density at radius 2 is 2.11 bits per heavy atom. The molecule has 0 aromatic carbocycles. The van der Waals surface area contributed by atoms with Crippen molar-refractivity contribution in [3.63, 3.8) is 0 Å². The minimum atomic E-state index is 0.887. The molecule has 106 valence electrons. The Morgan fingerprint density at radius 3 is 2.74 bits per heavy atom. The third-order valence-corrected chi connectivity index (χ3v) is 3.70. The molecule has 19 heavy (non-hydrogen) atoms. The van der Waals surface area contributed by atoms with Gasteiger partial charge < -0.3 is 10.2 Å². The second kappa shape index (κ2) is 7.58. The van der Waals surface area contributed by atoms with E-state index in [0.717, 1.165) is 25.3 Å². The van der Waals surface area contributed by atoms with E-state index in [0.29, 0.717) is 0 Å². The largest absolute Gasteiger partial charge is 0.316 e. The highest BCUT2D eigenvalue weighted by Gasteiger charge is 2.11. The van der Waals surface area contributed by atoms with Gasteiger partial charge in [-0.2, -0.15) is 0 Å². The van der Waals surface area contributed by atoms with Gasteiger partial charge in [-0.1, -0.05) is 6.07 Å². The highest BCUT2D eigenvalue weighted by Crippen LogP contribution is 2.07. The van der Waals surface area contributed by atoms with E-state index in [4.69, 9.17) is 0 Å². The van der Waals surface area contributed by atoms with Crippen molar-refractivity contribution >= 4 is 0 Å². The van der Waals surface area contributed by atoms with Gasteiger partial charge in [0.2, 0.25) is 0 Å². The summed E-state index contributed by atoms with van der Waals surface area (Å²) in [6.07, 6.45) is 4.72. The van der Waals surface area contributed by atoms with Crippen LogP contribution in [0, 0.1) is 0 Å². The Kier molecular flexibility index (Phi) is 5.76. The molecule has 1 aromatic heterocycles. The van der Waals surface area contributed by atoms with E-state index < -0.39 is 0 Å². The highest BCUT2D eigenvalue weighted by molar-refractivity contribution is 5.13. The molecular weight excluding hydrogens is 236 g/mol. The summed E-state index contributed by atoms with van der Waals surface area (Å²) in [5.74, 6) is 0. The van der Waals surface area contributed by atoms with E-state index in [1.807, 2.05) is 13.2 Å². The van der Waals surface area contributed by atoms with Crippen LogP contribution in [0.25, 0.3) is 0 Å². The van der Waals surface area contributed by atoms with Gasteiger partial charge in [0.15, 0.2) is 0 Å². The molecule has 1 aromatic rings. The van der Waals surface area contributed by atoms with Gasteiger partial charge in [0.25, 0.3) is 0 Å². The fourth-order valence-electron chi connectivity index (χ4n) is 2.53. The highest BCUT2D eigenvalue weighted by atomic mass is 15.2.